The van der Waals surface area contributed by atoms with E-state index in [1.807, 2.05) is 6.26 Å². The number of aliphatic carboxylic acids is 1. The fourth-order valence-corrected chi connectivity index (χ4v) is 1.54. The largest absolute Gasteiger partial charge is 0.480 e. The predicted octanol–water partition coefficient (Wildman–Crippen LogP) is 0.905. The number of hydrogen-bond acceptors (Lipinski definition) is 3. The van der Waals surface area contributed by atoms with E-state index in [1.54, 1.807) is 18.7 Å². The SMILES string of the molecule is CC#CCCNC(=O)N[C@@H](CCSC)C(=O)O. The molecule has 0 saturated carbocycles. The first-order valence-corrected chi connectivity index (χ1v) is 6.67. The van der Waals surface area contributed by atoms with Crippen molar-refractivity contribution >= 4 is 23.8 Å². The van der Waals surface area contributed by atoms with Crippen molar-refractivity contribution in [1.82, 2.24) is 10.6 Å². The molecule has 0 radical (unpaired) electrons. The Kier molecular flexibility index (Phi) is 9.06. The van der Waals surface area contributed by atoms with Gasteiger partial charge in [0.2, 0.25) is 0 Å². The molecule has 0 aliphatic carbocycles. The summed E-state index contributed by atoms with van der Waals surface area (Å²) in [7, 11) is 0. The molecule has 96 valence electrons. The van der Waals surface area contributed by atoms with Crippen LogP contribution < -0.4 is 10.6 Å². The number of hydrogen-bond donors (Lipinski definition) is 3. The Morgan fingerprint density at radius 3 is 2.71 bits per heavy atom. The third kappa shape index (κ3) is 8.46. The van der Waals surface area contributed by atoms with Crippen molar-refractivity contribution < 1.29 is 14.7 Å². The first kappa shape index (κ1) is 15.7. The Morgan fingerprint density at radius 2 is 2.18 bits per heavy atom. The molecule has 0 aromatic carbocycles. The zero-order valence-corrected chi connectivity index (χ0v) is 10.9. The Labute approximate surface area is 106 Å². The maximum Gasteiger partial charge on any atom is 0.326 e. The van der Waals surface area contributed by atoms with Crippen LogP contribution in [-0.2, 0) is 4.79 Å². The molecule has 0 rings (SSSR count). The van der Waals surface area contributed by atoms with Crippen molar-refractivity contribution in [3.8, 4) is 11.8 Å². The van der Waals surface area contributed by atoms with Crippen LogP contribution in [0.15, 0.2) is 0 Å². The average molecular weight is 258 g/mol. The molecule has 0 spiro atoms. The Balaban J connectivity index is 3.93. The number of rotatable bonds is 7. The Morgan fingerprint density at radius 1 is 1.47 bits per heavy atom. The van der Waals surface area contributed by atoms with Crippen molar-refractivity contribution in [1.29, 1.82) is 0 Å². The molecule has 0 heterocycles. The summed E-state index contributed by atoms with van der Waals surface area (Å²) in [5, 5.41) is 13.9. The number of urea groups is 1. The van der Waals surface area contributed by atoms with Gasteiger partial charge in [0, 0.05) is 13.0 Å². The third-order valence-corrected chi connectivity index (χ3v) is 2.57. The van der Waals surface area contributed by atoms with E-state index in [9.17, 15) is 9.59 Å². The van der Waals surface area contributed by atoms with Gasteiger partial charge in [-0.1, -0.05) is 0 Å². The van der Waals surface area contributed by atoms with Crippen LogP contribution in [0.1, 0.15) is 19.8 Å². The van der Waals surface area contributed by atoms with E-state index < -0.39 is 18.0 Å². The number of carbonyl (C=O) groups is 2. The second kappa shape index (κ2) is 9.85. The summed E-state index contributed by atoms with van der Waals surface area (Å²) in [6.45, 7) is 2.14. The van der Waals surface area contributed by atoms with E-state index in [4.69, 9.17) is 5.11 Å². The monoisotopic (exact) mass is 258 g/mol. The van der Waals surface area contributed by atoms with E-state index in [0.717, 1.165) is 0 Å². The molecule has 2 amide bonds. The quantitative estimate of drug-likeness (QED) is 0.468. The summed E-state index contributed by atoms with van der Waals surface area (Å²) in [5.41, 5.74) is 0. The van der Waals surface area contributed by atoms with E-state index in [2.05, 4.69) is 22.5 Å². The topological polar surface area (TPSA) is 78.4 Å². The normalized spacial score (nSPS) is 10.9. The molecule has 0 aliphatic rings. The summed E-state index contributed by atoms with van der Waals surface area (Å²) >= 11 is 1.55. The van der Waals surface area contributed by atoms with Gasteiger partial charge in [-0.05, 0) is 25.4 Å². The van der Waals surface area contributed by atoms with E-state index in [-0.39, 0.29) is 0 Å². The first-order chi connectivity index (χ1) is 8.11. The van der Waals surface area contributed by atoms with Crippen molar-refractivity contribution in [3.05, 3.63) is 0 Å². The van der Waals surface area contributed by atoms with Crippen LogP contribution in [0.3, 0.4) is 0 Å². The maximum absolute atomic E-state index is 11.3. The van der Waals surface area contributed by atoms with Crippen molar-refractivity contribution in [2.24, 2.45) is 0 Å². The van der Waals surface area contributed by atoms with Crippen LogP contribution in [0.25, 0.3) is 0 Å². The summed E-state index contributed by atoms with van der Waals surface area (Å²) in [6.07, 6.45) is 2.87. The van der Waals surface area contributed by atoms with Crippen LogP contribution in [-0.4, -0.2) is 41.7 Å². The van der Waals surface area contributed by atoms with Gasteiger partial charge in [-0.2, -0.15) is 11.8 Å². The highest BCUT2D eigenvalue weighted by Gasteiger charge is 2.18. The first-order valence-electron chi connectivity index (χ1n) is 5.27. The van der Waals surface area contributed by atoms with Crippen LogP contribution >= 0.6 is 11.8 Å². The van der Waals surface area contributed by atoms with Gasteiger partial charge >= 0.3 is 12.0 Å². The van der Waals surface area contributed by atoms with Gasteiger partial charge in [-0.3, -0.25) is 0 Å². The summed E-state index contributed by atoms with van der Waals surface area (Å²) in [6, 6.07) is -1.30. The smallest absolute Gasteiger partial charge is 0.326 e. The van der Waals surface area contributed by atoms with Gasteiger partial charge in [-0.15, -0.1) is 11.8 Å². The zero-order valence-electron chi connectivity index (χ0n) is 10.1. The molecule has 0 aliphatic heterocycles. The number of carboxylic acid groups (broad SMARTS) is 1. The highest BCUT2D eigenvalue weighted by Crippen LogP contribution is 2.00. The van der Waals surface area contributed by atoms with Crippen LogP contribution in [0.5, 0.6) is 0 Å². The summed E-state index contributed by atoms with van der Waals surface area (Å²) in [4.78, 5) is 22.2. The van der Waals surface area contributed by atoms with Gasteiger partial charge in [0.15, 0.2) is 0 Å². The van der Waals surface area contributed by atoms with Gasteiger partial charge < -0.3 is 15.7 Å². The molecule has 0 aromatic heterocycles. The Bertz CT molecular complexity index is 310. The number of amides is 2. The lowest BCUT2D eigenvalue weighted by atomic mass is 10.2. The molecule has 0 fully saturated rings. The lowest BCUT2D eigenvalue weighted by Gasteiger charge is -2.14. The predicted molar refractivity (Wildman–Crippen MR) is 69.0 cm³/mol. The molecule has 5 nitrogen and oxygen atoms in total. The van der Waals surface area contributed by atoms with Crippen molar-refractivity contribution in [2.45, 2.75) is 25.8 Å². The summed E-state index contributed by atoms with van der Waals surface area (Å²) < 4.78 is 0. The maximum atomic E-state index is 11.3. The average Bonchev–Trinajstić information content (AvgIpc) is 2.29. The highest BCUT2D eigenvalue weighted by atomic mass is 32.2. The third-order valence-electron chi connectivity index (χ3n) is 1.93. The molecule has 0 unspecified atom stereocenters. The van der Waals surface area contributed by atoms with Gasteiger partial charge in [0.25, 0.3) is 0 Å². The van der Waals surface area contributed by atoms with Crippen LogP contribution in [0.4, 0.5) is 4.79 Å². The van der Waals surface area contributed by atoms with E-state index in [0.29, 0.717) is 25.1 Å². The highest BCUT2D eigenvalue weighted by molar-refractivity contribution is 7.98. The second-order valence-electron chi connectivity index (χ2n) is 3.25. The molecule has 6 heteroatoms. The number of nitrogens with one attached hydrogen (secondary N) is 2. The second-order valence-corrected chi connectivity index (χ2v) is 4.23. The van der Waals surface area contributed by atoms with E-state index >= 15 is 0 Å². The molecule has 0 saturated heterocycles. The fourth-order valence-electron chi connectivity index (χ4n) is 1.07. The zero-order chi connectivity index (χ0) is 13.1. The molecular weight excluding hydrogens is 240 g/mol. The minimum absolute atomic E-state index is 0.415. The standard InChI is InChI=1S/C11H18N2O3S/c1-3-4-5-7-12-11(16)13-9(10(14)15)6-8-17-2/h9H,5-8H2,1-2H3,(H,14,15)(H2,12,13,16)/t9-/m0/s1. The number of carbonyl (C=O) groups excluding carboxylic acids is 1. The van der Waals surface area contributed by atoms with Gasteiger partial charge in [0.1, 0.15) is 6.04 Å². The Hall–Kier alpha value is -1.35. The van der Waals surface area contributed by atoms with Crippen LogP contribution in [0, 0.1) is 11.8 Å². The van der Waals surface area contributed by atoms with Crippen molar-refractivity contribution in [3.63, 3.8) is 0 Å². The molecule has 0 aromatic rings. The lowest BCUT2D eigenvalue weighted by molar-refractivity contribution is -0.139. The molecule has 3 N–H and O–H groups in total. The molecule has 17 heavy (non-hydrogen) atoms. The number of thioether (sulfide) groups is 1. The van der Waals surface area contributed by atoms with Crippen LogP contribution in [0.2, 0.25) is 0 Å². The lowest BCUT2D eigenvalue weighted by Crippen LogP contribution is -2.46. The molecule has 0 bridgehead atoms. The minimum atomic E-state index is -1.01. The summed E-state index contributed by atoms with van der Waals surface area (Å²) in [5.74, 6) is 5.19. The molecular formula is C11H18N2O3S. The van der Waals surface area contributed by atoms with Gasteiger partial charge in [0.05, 0.1) is 0 Å². The minimum Gasteiger partial charge on any atom is -0.480 e. The fraction of sp³-hybridized carbons (Fsp3) is 0.636. The molecule has 1 atom stereocenters. The van der Waals surface area contributed by atoms with Gasteiger partial charge in [-0.25, -0.2) is 9.59 Å². The van der Waals surface area contributed by atoms with Crippen molar-refractivity contribution in [2.75, 3.05) is 18.6 Å². The van der Waals surface area contributed by atoms with E-state index in [1.165, 1.54) is 0 Å². The number of carboxylic acids is 1.